The van der Waals surface area contributed by atoms with Crippen LogP contribution in [0.25, 0.3) is 0 Å². The number of hydrogen-bond donors (Lipinski definition) is 1. The van der Waals surface area contributed by atoms with Gasteiger partial charge in [-0.25, -0.2) is 8.42 Å². The maximum Gasteiger partial charge on any atom is 0.324 e. The predicted molar refractivity (Wildman–Crippen MR) is 107 cm³/mol. The quantitative estimate of drug-likeness (QED) is 0.504. The van der Waals surface area contributed by atoms with Crippen molar-refractivity contribution in [1.82, 2.24) is 9.62 Å². The summed E-state index contributed by atoms with van der Waals surface area (Å²) in [6.07, 6.45) is 2.39. The Balaban J connectivity index is 2.12. The van der Waals surface area contributed by atoms with Gasteiger partial charge in [0.2, 0.25) is 10.0 Å². The largest absolute Gasteiger partial charge is 0.454 e. The monoisotopic (exact) mass is 424 g/mol. The van der Waals surface area contributed by atoms with Crippen LogP contribution >= 0.6 is 0 Å². The molecule has 1 aromatic carbocycles. The van der Waals surface area contributed by atoms with Gasteiger partial charge in [0.15, 0.2) is 12.4 Å². The number of amides is 1. The van der Waals surface area contributed by atoms with Gasteiger partial charge in [0.05, 0.1) is 4.90 Å². The Morgan fingerprint density at radius 1 is 1.21 bits per heavy atom. The number of sulfonamides is 1. The third kappa shape index (κ3) is 5.86. The van der Waals surface area contributed by atoms with Crippen molar-refractivity contribution in [2.75, 3.05) is 13.2 Å². The molecule has 0 bridgehead atoms. The second kappa shape index (κ2) is 9.98. The first-order valence-electron chi connectivity index (χ1n) is 9.75. The van der Waals surface area contributed by atoms with Gasteiger partial charge in [-0.1, -0.05) is 19.1 Å². The van der Waals surface area contributed by atoms with E-state index >= 15 is 0 Å². The van der Waals surface area contributed by atoms with Crippen LogP contribution in [0, 0.1) is 0 Å². The standard InChI is InChI=1S/C20H28N2O6S/c1-4-14(2)21-19(24)13-28-20(25)18-7-5-6-12-22(18)29(26,27)17-10-8-16(9-11-17)15(3)23/h8-11,14,18H,4-7,12-13H2,1-3H3,(H,21,24). The van der Waals surface area contributed by atoms with Gasteiger partial charge in [-0.05, 0) is 51.7 Å². The number of piperidine rings is 1. The van der Waals surface area contributed by atoms with Crippen LogP contribution in [0.5, 0.6) is 0 Å². The fraction of sp³-hybridized carbons (Fsp3) is 0.550. The average Bonchev–Trinajstić information content (AvgIpc) is 2.71. The van der Waals surface area contributed by atoms with E-state index in [1.807, 2.05) is 13.8 Å². The fourth-order valence-corrected chi connectivity index (χ4v) is 4.72. The van der Waals surface area contributed by atoms with E-state index in [1.54, 1.807) is 0 Å². The Morgan fingerprint density at radius 2 is 1.86 bits per heavy atom. The van der Waals surface area contributed by atoms with Gasteiger partial charge >= 0.3 is 5.97 Å². The molecule has 8 nitrogen and oxygen atoms in total. The highest BCUT2D eigenvalue weighted by molar-refractivity contribution is 7.89. The minimum Gasteiger partial charge on any atom is -0.454 e. The van der Waals surface area contributed by atoms with Gasteiger partial charge in [0.25, 0.3) is 5.91 Å². The summed E-state index contributed by atoms with van der Waals surface area (Å²) >= 11 is 0. The number of carbonyl (C=O) groups excluding carboxylic acids is 3. The van der Waals surface area contributed by atoms with Gasteiger partial charge in [-0.2, -0.15) is 4.31 Å². The third-order valence-electron chi connectivity index (χ3n) is 4.96. The van der Waals surface area contributed by atoms with Crippen molar-refractivity contribution in [1.29, 1.82) is 0 Å². The summed E-state index contributed by atoms with van der Waals surface area (Å²) in [4.78, 5) is 35.8. The number of Topliss-reactive ketones (excluding diaryl/α,β-unsaturated/α-hetero) is 1. The molecule has 1 aromatic rings. The molecule has 1 aliphatic rings. The highest BCUT2D eigenvalue weighted by Gasteiger charge is 2.38. The second-order valence-corrected chi connectivity index (χ2v) is 9.08. The lowest BCUT2D eigenvalue weighted by Gasteiger charge is -2.33. The van der Waals surface area contributed by atoms with E-state index < -0.39 is 34.5 Å². The summed E-state index contributed by atoms with van der Waals surface area (Å²) in [6, 6.07) is 4.62. The number of benzene rings is 1. The van der Waals surface area contributed by atoms with Crippen molar-refractivity contribution in [3.8, 4) is 0 Å². The molecule has 0 aromatic heterocycles. The molecule has 2 rings (SSSR count). The fourth-order valence-electron chi connectivity index (χ4n) is 3.08. The molecule has 1 amide bonds. The minimum atomic E-state index is -3.94. The number of nitrogens with one attached hydrogen (secondary N) is 1. The van der Waals surface area contributed by atoms with Crippen LogP contribution < -0.4 is 5.32 Å². The number of rotatable bonds is 8. The molecular formula is C20H28N2O6S. The number of nitrogens with zero attached hydrogens (tertiary/aromatic N) is 1. The molecule has 1 heterocycles. The SMILES string of the molecule is CCC(C)NC(=O)COC(=O)C1CCCCN1S(=O)(=O)c1ccc(C(C)=O)cc1. The molecule has 2 unspecified atom stereocenters. The van der Waals surface area contributed by atoms with Crippen molar-refractivity contribution in [3.05, 3.63) is 29.8 Å². The van der Waals surface area contributed by atoms with E-state index in [-0.39, 0.29) is 23.3 Å². The third-order valence-corrected chi connectivity index (χ3v) is 6.88. The van der Waals surface area contributed by atoms with Crippen LogP contribution in [0.2, 0.25) is 0 Å². The number of esters is 1. The lowest BCUT2D eigenvalue weighted by molar-refractivity contribution is -0.153. The number of carbonyl (C=O) groups is 3. The topological polar surface area (TPSA) is 110 Å². The molecule has 29 heavy (non-hydrogen) atoms. The average molecular weight is 425 g/mol. The molecule has 1 N–H and O–H groups in total. The maximum atomic E-state index is 13.1. The molecule has 1 fully saturated rings. The van der Waals surface area contributed by atoms with Crippen molar-refractivity contribution >= 4 is 27.7 Å². The molecule has 0 radical (unpaired) electrons. The molecule has 160 valence electrons. The molecule has 0 aliphatic carbocycles. The normalized spacial score (nSPS) is 18.7. The first-order valence-corrected chi connectivity index (χ1v) is 11.2. The lowest BCUT2D eigenvalue weighted by atomic mass is 10.1. The summed E-state index contributed by atoms with van der Waals surface area (Å²) in [6.45, 7) is 4.91. The molecular weight excluding hydrogens is 396 g/mol. The van der Waals surface area contributed by atoms with E-state index in [0.29, 0.717) is 24.8 Å². The van der Waals surface area contributed by atoms with Crippen LogP contribution in [0.4, 0.5) is 0 Å². The lowest BCUT2D eigenvalue weighted by Crippen LogP contribution is -2.49. The van der Waals surface area contributed by atoms with Crippen molar-refractivity contribution < 1.29 is 27.5 Å². The second-order valence-electron chi connectivity index (χ2n) is 7.19. The van der Waals surface area contributed by atoms with Crippen LogP contribution in [-0.2, 0) is 24.3 Å². The summed E-state index contributed by atoms with van der Waals surface area (Å²) < 4.78 is 32.4. The zero-order chi connectivity index (χ0) is 21.6. The molecule has 9 heteroatoms. The van der Waals surface area contributed by atoms with Gasteiger partial charge in [0, 0.05) is 18.2 Å². The number of ether oxygens (including phenoxy) is 1. The Kier molecular flexibility index (Phi) is 7.92. The van der Waals surface area contributed by atoms with E-state index in [4.69, 9.17) is 4.74 Å². The van der Waals surface area contributed by atoms with Gasteiger partial charge in [-0.3, -0.25) is 14.4 Å². The molecule has 2 atom stereocenters. The van der Waals surface area contributed by atoms with Crippen LogP contribution in [-0.4, -0.2) is 55.6 Å². The van der Waals surface area contributed by atoms with Gasteiger partial charge in [0.1, 0.15) is 6.04 Å². The Bertz CT molecular complexity index is 850. The van der Waals surface area contributed by atoms with Crippen molar-refractivity contribution in [2.24, 2.45) is 0 Å². The Hall–Kier alpha value is -2.26. The molecule has 0 saturated carbocycles. The van der Waals surface area contributed by atoms with E-state index in [2.05, 4.69) is 5.32 Å². The van der Waals surface area contributed by atoms with Crippen LogP contribution in [0.1, 0.15) is 56.8 Å². The van der Waals surface area contributed by atoms with Gasteiger partial charge < -0.3 is 10.1 Å². The first kappa shape index (κ1) is 23.0. The van der Waals surface area contributed by atoms with Crippen LogP contribution in [0.3, 0.4) is 0 Å². The number of ketones is 1. The highest BCUT2D eigenvalue weighted by Crippen LogP contribution is 2.26. The van der Waals surface area contributed by atoms with Gasteiger partial charge in [-0.15, -0.1) is 0 Å². The van der Waals surface area contributed by atoms with Crippen molar-refractivity contribution in [2.45, 2.75) is 63.4 Å². The minimum absolute atomic E-state index is 0.0108. The van der Waals surface area contributed by atoms with E-state index in [9.17, 15) is 22.8 Å². The van der Waals surface area contributed by atoms with E-state index in [1.165, 1.54) is 31.2 Å². The zero-order valence-corrected chi connectivity index (χ0v) is 17.8. The highest BCUT2D eigenvalue weighted by atomic mass is 32.2. The molecule has 1 aliphatic heterocycles. The van der Waals surface area contributed by atoms with E-state index in [0.717, 1.165) is 10.7 Å². The van der Waals surface area contributed by atoms with Crippen molar-refractivity contribution in [3.63, 3.8) is 0 Å². The Labute approximate surface area is 171 Å². The summed E-state index contributed by atoms with van der Waals surface area (Å²) in [7, 11) is -3.94. The molecule has 0 spiro atoms. The summed E-state index contributed by atoms with van der Waals surface area (Å²) in [5.74, 6) is -1.31. The molecule has 1 saturated heterocycles. The zero-order valence-electron chi connectivity index (χ0n) is 17.0. The smallest absolute Gasteiger partial charge is 0.324 e. The maximum absolute atomic E-state index is 13.1. The first-order chi connectivity index (χ1) is 13.7. The summed E-state index contributed by atoms with van der Waals surface area (Å²) in [5, 5.41) is 2.69. The summed E-state index contributed by atoms with van der Waals surface area (Å²) in [5.41, 5.74) is 0.408. The predicted octanol–water partition coefficient (Wildman–Crippen LogP) is 1.89. The van der Waals surface area contributed by atoms with Crippen LogP contribution in [0.15, 0.2) is 29.2 Å². The number of hydrogen-bond acceptors (Lipinski definition) is 6. The Morgan fingerprint density at radius 3 is 2.45 bits per heavy atom.